The monoisotopic (exact) mass is 352 g/mol. The molecule has 0 aromatic heterocycles. The summed E-state index contributed by atoms with van der Waals surface area (Å²) in [6, 6.07) is 14.5. The van der Waals surface area contributed by atoms with E-state index in [2.05, 4.69) is 24.3 Å². The molecule has 4 nitrogen and oxygen atoms in total. The lowest BCUT2D eigenvalue weighted by atomic mass is 9.83. The van der Waals surface area contributed by atoms with E-state index in [0.717, 1.165) is 38.5 Å². The van der Waals surface area contributed by atoms with E-state index in [1.165, 1.54) is 5.56 Å². The maximum atomic E-state index is 12.4. The van der Waals surface area contributed by atoms with E-state index in [9.17, 15) is 10.1 Å². The third-order valence-electron chi connectivity index (χ3n) is 4.28. The van der Waals surface area contributed by atoms with E-state index in [1.54, 1.807) is 13.0 Å². The molecule has 4 heteroatoms. The Morgan fingerprint density at radius 2 is 1.92 bits per heavy atom. The molecule has 0 aliphatic carbocycles. The van der Waals surface area contributed by atoms with Crippen LogP contribution in [-0.4, -0.2) is 12.6 Å². The number of benzene rings is 1. The molecular weight excluding hydrogens is 324 g/mol. The van der Waals surface area contributed by atoms with Gasteiger partial charge in [-0.05, 0) is 44.6 Å². The fraction of sp³-hybridized carbons (Fsp3) is 0.500. The highest BCUT2D eigenvalue weighted by Gasteiger charge is 2.37. The molecule has 138 valence electrons. The van der Waals surface area contributed by atoms with Crippen LogP contribution in [0, 0.1) is 28.1 Å². The lowest BCUT2D eigenvalue weighted by molar-refractivity contribution is -0.149. The second-order valence-electron chi connectivity index (χ2n) is 6.30. The Balaban J connectivity index is 2.60. The van der Waals surface area contributed by atoms with Gasteiger partial charge in [0, 0.05) is 6.42 Å². The summed E-state index contributed by atoms with van der Waals surface area (Å²) in [4.78, 5) is 12.4. The van der Waals surface area contributed by atoms with Crippen LogP contribution in [0.1, 0.15) is 57.4 Å². The third kappa shape index (κ3) is 7.53. The zero-order chi connectivity index (χ0) is 19.1. The average Bonchev–Trinajstić information content (AvgIpc) is 2.67. The van der Waals surface area contributed by atoms with E-state index in [4.69, 9.17) is 10.00 Å². The van der Waals surface area contributed by atoms with E-state index in [-0.39, 0.29) is 6.61 Å². The molecule has 0 bridgehead atoms. The van der Waals surface area contributed by atoms with Crippen LogP contribution < -0.4 is 0 Å². The highest BCUT2D eigenvalue weighted by Crippen LogP contribution is 2.29. The Morgan fingerprint density at radius 3 is 2.58 bits per heavy atom. The minimum Gasteiger partial charge on any atom is -0.465 e. The second kappa shape index (κ2) is 12.7. The van der Waals surface area contributed by atoms with Crippen LogP contribution in [-0.2, 0) is 16.0 Å². The summed E-state index contributed by atoms with van der Waals surface area (Å²) >= 11 is 0. The van der Waals surface area contributed by atoms with Crippen molar-refractivity contribution in [3.63, 3.8) is 0 Å². The number of carbonyl (C=O) groups is 1. The fourth-order valence-corrected chi connectivity index (χ4v) is 2.79. The van der Waals surface area contributed by atoms with Crippen molar-refractivity contribution < 1.29 is 9.53 Å². The summed E-state index contributed by atoms with van der Waals surface area (Å²) in [5.74, 6) is -0.470. The number of hydrogen-bond donors (Lipinski definition) is 0. The molecule has 0 unspecified atom stereocenters. The van der Waals surface area contributed by atoms with Gasteiger partial charge in [0.25, 0.3) is 0 Å². The molecule has 0 amide bonds. The number of ether oxygens (including phenoxy) is 1. The Labute approximate surface area is 157 Å². The molecule has 26 heavy (non-hydrogen) atoms. The van der Waals surface area contributed by atoms with Crippen molar-refractivity contribution in [1.29, 1.82) is 10.5 Å². The number of nitrogens with zero attached hydrogens (tertiary/aromatic N) is 2. The summed E-state index contributed by atoms with van der Waals surface area (Å²) in [6.45, 7) is 2.01. The molecule has 0 fully saturated rings. The molecule has 1 atom stereocenters. The van der Waals surface area contributed by atoms with Crippen molar-refractivity contribution in [2.75, 3.05) is 6.61 Å². The lowest BCUT2D eigenvalue weighted by Crippen LogP contribution is -2.29. The number of hydrogen-bond acceptors (Lipinski definition) is 4. The molecule has 1 aromatic carbocycles. The van der Waals surface area contributed by atoms with Gasteiger partial charge < -0.3 is 4.74 Å². The van der Waals surface area contributed by atoms with Gasteiger partial charge >= 0.3 is 5.97 Å². The Kier molecular flexibility index (Phi) is 10.5. The molecule has 0 saturated carbocycles. The first-order chi connectivity index (χ1) is 12.7. The smallest absolute Gasteiger partial charge is 0.330 e. The summed E-state index contributed by atoms with van der Waals surface area (Å²) < 4.78 is 5.14. The van der Waals surface area contributed by atoms with Gasteiger partial charge in [0.05, 0.1) is 18.7 Å². The first-order valence-electron chi connectivity index (χ1n) is 9.35. The SMILES string of the molecule is CCOC(=O)[C@](C#N)(/C=C/CCCc1ccccc1)CCCCCC#N. The number of rotatable bonds is 12. The molecule has 0 radical (unpaired) electrons. The number of carbonyl (C=O) groups excluding carboxylic acids is 1. The standard InChI is InChI=1S/C22H28N2O2/c1-2-26-21(25)22(19-24,16-10-3-4-12-18-23)17-11-6-9-15-20-13-7-5-8-14-20/h5,7-8,11,13-14,17H,2-4,6,9-10,12,15-16H2,1H3/b17-11+/t22-/m0/s1. The van der Waals surface area contributed by atoms with Crippen molar-refractivity contribution in [3.05, 3.63) is 48.0 Å². The van der Waals surface area contributed by atoms with Gasteiger partial charge in [0.1, 0.15) is 0 Å². The largest absolute Gasteiger partial charge is 0.465 e. The molecule has 0 heterocycles. The molecule has 0 saturated heterocycles. The first kappa shape index (κ1) is 21.5. The van der Waals surface area contributed by atoms with Gasteiger partial charge in [-0.1, -0.05) is 55.3 Å². The van der Waals surface area contributed by atoms with Crippen LogP contribution in [0.4, 0.5) is 0 Å². The van der Waals surface area contributed by atoms with E-state index < -0.39 is 11.4 Å². The van der Waals surface area contributed by atoms with E-state index >= 15 is 0 Å². The zero-order valence-electron chi connectivity index (χ0n) is 15.6. The average molecular weight is 352 g/mol. The summed E-state index contributed by atoms with van der Waals surface area (Å²) in [6.07, 6.45) is 9.69. The maximum Gasteiger partial charge on any atom is 0.330 e. The maximum absolute atomic E-state index is 12.4. The minimum atomic E-state index is -1.21. The van der Waals surface area contributed by atoms with Crippen molar-refractivity contribution in [3.8, 4) is 12.1 Å². The fourth-order valence-electron chi connectivity index (χ4n) is 2.79. The third-order valence-corrected chi connectivity index (χ3v) is 4.28. The summed E-state index contributed by atoms with van der Waals surface area (Å²) in [5, 5.41) is 18.2. The van der Waals surface area contributed by atoms with Crippen molar-refractivity contribution in [2.24, 2.45) is 5.41 Å². The second-order valence-corrected chi connectivity index (χ2v) is 6.30. The molecule has 1 aromatic rings. The lowest BCUT2D eigenvalue weighted by Gasteiger charge is -2.20. The van der Waals surface area contributed by atoms with E-state index in [1.807, 2.05) is 24.3 Å². The number of unbranched alkanes of at least 4 members (excludes halogenated alkanes) is 4. The number of nitriles is 2. The highest BCUT2D eigenvalue weighted by molar-refractivity contribution is 5.82. The Hall–Kier alpha value is -2.59. The minimum absolute atomic E-state index is 0.262. The number of esters is 1. The molecule has 1 rings (SSSR count). The zero-order valence-corrected chi connectivity index (χ0v) is 15.6. The summed E-state index contributed by atoms with van der Waals surface area (Å²) in [5.41, 5.74) is 0.0744. The van der Waals surface area contributed by atoms with Crippen molar-refractivity contribution in [2.45, 2.75) is 58.3 Å². The van der Waals surface area contributed by atoms with E-state index in [0.29, 0.717) is 12.8 Å². The predicted molar refractivity (Wildman–Crippen MR) is 102 cm³/mol. The predicted octanol–water partition coefficient (Wildman–Crippen LogP) is 5.11. The number of allylic oxidation sites excluding steroid dienone is 1. The van der Waals surface area contributed by atoms with Gasteiger partial charge in [-0.2, -0.15) is 10.5 Å². The Bertz CT molecular complexity index is 640. The van der Waals surface area contributed by atoms with Crippen LogP contribution in [0.5, 0.6) is 0 Å². The van der Waals surface area contributed by atoms with Gasteiger partial charge in [-0.15, -0.1) is 0 Å². The van der Waals surface area contributed by atoms with Gasteiger partial charge in [-0.25, -0.2) is 4.79 Å². The summed E-state index contributed by atoms with van der Waals surface area (Å²) in [7, 11) is 0. The molecule has 0 aliphatic heterocycles. The topological polar surface area (TPSA) is 73.9 Å². The van der Waals surface area contributed by atoms with Gasteiger partial charge in [0.15, 0.2) is 5.41 Å². The van der Waals surface area contributed by atoms with Crippen LogP contribution in [0.2, 0.25) is 0 Å². The van der Waals surface area contributed by atoms with Crippen LogP contribution >= 0.6 is 0 Å². The van der Waals surface area contributed by atoms with Crippen LogP contribution in [0.25, 0.3) is 0 Å². The normalized spacial score (nSPS) is 12.9. The Morgan fingerprint density at radius 1 is 1.15 bits per heavy atom. The quantitative estimate of drug-likeness (QED) is 0.297. The molecule has 0 aliphatic rings. The van der Waals surface area contributed by atoms with Crippen molar-refractivity contribution in [1.82, 2.24) is 0 Å². The number of aryl methyl sites for hydroxylation is 1. The highest BCUT2D eigenvalue weighted by atomic mass is 16.5. The van der Waals surface area contributed by atoms with Gasteiger partial charge in [-0.3, -0.25) is 0 Å². The van der Waals surface area contributed by atoms with Crippen LogP contribution in [0.15, 0.2) is 42.5 Å². The van der Waals surface area contributed by atoms with Crippen LogP contribution in [0.3, 0.4) is 0 Å². The van der Waals surface area contributed by atoms with Gasteiger partial charge in [0.2, 0.25) is 0 Å². The molecule has 0 N–H and O–H groups in total. The molecular formula is C22H28N2O2. The molecule has 0 spiro atoms. The first-order valence-corrected chi connectivity index (χ1v) is 9.35. The van der Waals surface area contributed by atoms with Crippen molar-refractivity contribution >= 4 is 5.97 Å².